The van der Waals surface area contributed by atoms with Gasteiger partial charge in [0, 0.05) is 24.7 Å². The summed E-state index contributed by atoms with van der Waals surface area (Å²) in [6, 6.07) is 4.10. The van der Waals surface area contributed by atoms with E-state index in [0.29, 0.717) is 24.1 Å². The van der Waals surface area contributed by atoms with E-state index < -0.39 is 10.9 Å². The molecule has 0 saturated carbocycles. The van der Waals surface area contributed by atoms with Crippen molar-refractivity contribution in [3.63, 3.8) is 0 Å². The van der Waals surface area contributed by atoms with Crippen molar-refractivity contribution in [1.82, 2.24) is 0 Å². The van der Waals surface area contributed by atoms with Gasteiger partial charge in [0.2, 0.25) is 0 Å². The third-order valence-electron chi connectivity index (χ3n) is 4.33. The fraction of sp³-hybridized carbons (Fsp3) is 0.533. The monoisotopic (exact) mass is 292 g/mol. The molecule has 114 valence electrons. The molecule has 3 atom stereocenters. The molecule has 1 aliphatic rings. The number of hydrogen-bond donors (Lipinski definition) is 1. The van der Waals surface area contributed by atoms with Gasteiger partial charge in [0.05, 0.1) is 16.2 Å². The molecule has 2 rings (SSSR count). The molecule has 1 heterocycles. The van der Waals surface area contributed by atoms with Crippen LogP contribution >= 0.6 is 0 Å². The summed E-state index contributed by atoms with van der Waals surface area (Å²) in [7, 11) is 0. The standard InChI is InChI=1S/C15H20N2O4/c1-9-6-10(2)11(3)16(8-9)14-7-12(17(20)21)4-5-13(14)15(18)19/h4-5,7,9-11H,6,8H2,1-3H3,(H,18,19). The fourth-order valence-corrected chi connectivity index (χ4v) is 3.09. The first-order valence-electron chi connectivity index (χ1n) is 7.09. The zero-order valence-corrected chi connectivity index (χ0v) is 12.4. The lowest BCUT2D eigenvalue weighted by Gasteiger charge is -2.43. The molecule has 1 aromatic carbocycles. The van der Waals surface area contributed by atoms with Crippen molar-refractivity contribution in [2.75, 3.05) is 11.4 Å². The number of nitrogens with zero attached hydrogens (tertiary/aromatic N) is 2. The second-order valence-corrected chi connectivity index (χ2v) is 5.97. The molecule has 1 fully saturated rings. The highest BCUT2D eigenvalue weighted by Crippen LogP contribution is 2.35. The van der Waals surface area contributed by atoms with Crippen LogP contribution in [0.1, 0.15) is 37.6 Å². The number of rotatable bonds is 3. The average Bonchev–Trinajstić information content (AvgIpc) is 2.41. The lowest BCUT2D eigenvalue weighted by Crippen LogP contribution is -2.46. The van der Waals surface area contributed by atoms with Gasteiger partial charge in [-0.2, -0.15) is 0 Å². The molecule has 1 aliphatic heterocycles. The minimum atomic E-state index is -1.06. The Balaban J connectivity index is 2.51. The normalized spacial score (nSPS) is 25.7. The van der Waals surface area contributed by atoms with Crippen molar-refractivity contribution >= 4 is 17.3 Å². The number of nitro benzene ring substituents is 1. The Kier molecular flexibility index (Phi) is 4.16. The van der Waals surface area contributed by atoms with E-state index in [1.807, 2.05) is 11.8 Å². The zero-order valence-electron chi connectivity index (χ0n) is 12.4. The predicted octanol–water partition coefficient (Wildman–Crippen LogP) is 3.16. The summed E-state index contributed by atoms with van der Waals surface area (Å²) in [4.78, 5) is 23.9. The van der Waals surface area contributed by atoms with Crippen LogP contribution in [0.3, 0.4) is 0 Å². The van der Waals surface area contributed by atoms with Crippen LogP contribution in [-0.2, 0) is 0 Å². The number of nitro groups is 1. The first-order valence-corrected chi connectivity index (χ1v) is 7.09. The molecule has 1 saturated heterocycles. The summed E-state index contributed by atoms with van der Waals surface area (Å²) in [6.45, 7) is 7.01. The van der Waals surface area contributed by atoms with Gasteiger partial charge in [-0.1, -0.05) is 13.8 Å². The van der Waals surface area contributed by atoms with Crippen molar-refractivity contribution in [2.45, 2.75) is 33.2 Å². The van der Waals surface area contributed by atoms with E-state index in [4.69, 9.17) is 0 Å². The van der Waals surface area contributed by atoms with E-state index in [1.54, 1.807) is 0 Å². The average molecular weight is 292 g/mol. The Hall–Kier alpha value is -2.11. The predicted molar refractivity (Wildman–Crippen MR) is 79.8 cm³/mol. The van der Waals surface area contributed by atoms with Gasteiger partial charge in [-0.25, -0.2) is 4.79 Å². The van der Waals surface area contributed by atoms with E-state index in [1.165, 1.54) is 18.2 Å². The molecule has 1 aromatic rings. The molecule has 0 bridgehead atoms. The highest BCUT2D eigenvalue weighted by molar-refractivity contribution is 5.95. The van der Waals surface area contributed by atoms with Gasteiger partial charge in [0.15, 0.2) is 0 Å². The van der Waals surface area contributed by atoms with Gasteiger partial charge in [-0.3, -0.25) is 10.1 Å². The lowest BCUT2D eigenvalue weighted by atomic mass is 9.85. The molecule has 0 spiro atoms. The molecular formula is C15H20N2O4. The summed E-state index contributed by atoms with van der Waals surface area (Å²) in [5.41, 5.74) is 0.490. The summed E-state index contributed by atoms with van der Waals surface area (Å²) >= 11 is 0. The number of non-ortho nitro benzene ring substituents is 1. The number of aromatic carboxylic acids is 1. The van der Waals surface area contributed by atoms with Crippen molar-refractivity contribution < 1.29 is 14.8 Å². The largest absolute Gasteiger partial charge is 0.478 e. The Bertz CT molecular complexity index is 573. The highest BCUT2D eigenvalue weighted by Gasteiger charge is 2.31. The molecule has 6 nitrogen and oxygen atoms in total. The summed E-state index contributed by atoms with van der Waals surface area (Å²) in [5.74, 6) is -0.218. The zero-order chi connectivity index (χ0) is 15.7. The van der Waals surface area contributed by atoms with Gasteiger partial charge >= 0.3 is 5.97 Å². The lowest BCUT2D eigenvalue weighted by molar-refractivity contribution is -0.384. The van der Waals surface area contributed by atoms with Crippen LogP contribution in [0.15, 0.2) is 18.2 Å². The van der Waals surface area contributed by atoms with Gasteiger partial charge in [0.25, 0.3) is 5.69 Å². The van der Waals surface area contributed by atoms with Crippen molar-refractivity contribution in [2.24, 2.45) is 11.8 Å². The number of anilines is 1. The second kappa shape index (κ2) is 5.71. The van der Waals surface area contributed by atoms with Crippen LogP contribution in [-0.4, -0.2) is 28.6 Å². The maximum absolute atomic E-state index is 11.4. The SMILES string of the molecule is CC1CC(C)C(C)N(c2cc([N+](=O)[O-])ccc2C(=O)O)C1. The van der Waals surface area contributed by atoms with E-state index in [2.05, 4.69) is 13.8 Å². The van der Waals surface area contributed by atoms with Crippen molar-refractivity contribution in [1.29, 1.82) is 0 Å². The summed E-state index contributed by atoms with van der Waals surface area (Å²) in [5, 5.41) is 20.3. The molecule has 0 aliphatic carbocycles. The fourth-order valence-electron chi connectivity index (χ4n) is 3.09. The Morgan fingerprint density at radius 2 is 2.05 bits per heavy atom. The van der Waals surface area contributed by atoms with Crippen LogP contribution < -0.4 is 4.90 Å². The van der Waals surface area contributed by atoms with Crippen LogP contribution in [0, 0.1) is 22.0 Å². The summed E-state index contributed by atoms with van der Waals surface area (Å²) in [6.07, 6.45) is 1.08. The third kappa shape index (κ3) is 2.99. The maximum Gasteiger partial charge on any atom is 0.337 e. The van der Waals surface area contributed by atoms with Crippen molar-refractivity contribution in [3.8, 4) is 0 Å². The first-order chi connectivity index (χ1) is 9.81. The van der Waals surface area contributed by atoms with E-state index in [9.17, 15) is 20.0 Å². The van der Waals surface area contributed by atoms with Crippen molar-refractivity contribution in [3.05, 3.63) is 33.9 Å². The van der Waals surface area contributed by atoms with Gasteiger partial charge in [-0.15, -0.1) is 0 Å². The van der Waals surface area contributed by atoms with Crippen LogP contribution in [0.4, 0.5) is 11.4 Å². The first kappa shape index (κ1) is 15.3. The minimum Gasteiger partial charge on any atom is -0.478 e. The number of piperidine rings is 1. The third-order valence-corrected chi connectivity index (χ3v) is 4.33. The number of carbonyl (C=O) groups is 1. The number of carboxylic acids is 1. The highest BCUT2D eigenvalue weighted by atomic mass is 16.6. The Labute approximate surface area is 123 Å². The molecule has 3 unspecified atom stereocenters. The molecule has 0 radical (unpaired) electrons. The Morgan fingerprint density at radius 1 is 1.38 bits per heavy atom. The van der Waals surface area contributed by atoms with E-state index >= 15 is 0 Å². The minimum absolute atomic E-state index is 0.0759. The topological polar surface area (TPSA) is 83.7 Å². The number of benzene rings is 1. The second-order valence-electron chi connectivity index (χ2n) is 5.97. The van der Waals surface area contributed by atoms with Gasteiger partial charge in [-0.05, 0) is 31.2 Å². The quantitative estimate of drug-likeness (QED) is 0.683. The van der Waals surface area contributed by atoms with Gasteiger partial charge in [0.1, 0.15) is 0 Å². The van der Waals surface area contributed by atoms with Gasteiger partial charge < -0.3 is 10.0 Å². The maximum atomic E-state index is 11.4. The number of carboxylic acid groups (broad SMARTS) is 1. The smallest absolute Gasteiger partial charge is 0.337 e. The van der Waals surface area contributed by atoms with Crippen LogP contribution in [0.2, 0.25) is 0 Å². The molecule has 21 heavy (non-hydrogen) atoms. The van der Waals surface area contributed by atoms with E-state index in [-0.39, 0.29) is 17.3 Å². The van der Waals surface area contributed by atoms with Crippen LogP contribution in [0.25, 0.3) is 0 Å². The number of hydrogen-bond acceptors (Lipinski definition) is 4. The van der Waals surface area contributed by atoms with E-state index in [0.717, 1.165) is 6.42 Å². The molecule has 6 heteroatoms. The molecule has 1 N–H and O–H groups in total. The Morgan fingerprint density at radius 3 is 2.62 bits per heavy atom. The molecule has 0 amide bonds. The molecule has 0 aromatic heterocycles. The summed E-state index contributed by atoms with van der Waals surface area (Å²) < 4.78 is 0. The molecular weight excluding hydrogens is 272 g/mol. The van der Waals surface area contributed by atoms with Crippen LogP contribution in [0.5, 0.6) is 0 Å².